The molecule has 16 heavy (non-hydrogen) atoms. The summed E-state index contributed by atoms with van der Waals surface area (Å²) in [4.78, 5) is 4.32. The normalized spacial score (nSPS) is 17.2. The number of aromatic nitrogens is 1. The van der Waals surface area contributed by atoms with E-state index in [-0.39, 0.29) is 0 Å². The van der Waals surface area contributed by atoms with Gasteiger partial charge in [-0.25, -0.2) is 0 Å². The van der Waals surface area contributed by atoms with Crippen LogP contribution in [0.4, 0.5) is 0 Å². The quantitative estimate of drug-likeness (QED) is 0.557. The molecule has 1 heterocycles. The van der Waals surface area contributed by atoms with Gasteiger partial charge in [-0.3, -0.25) is 4.98 Å². The lowest BCUT2D eigenvalue weighted by atomic mass is 9.87. The molecule has 0 N–H and O–H groups in total. The summed E-state index contributed by atoms with van der Waals surface area (Å²) in [6, 6.07) is 6.12. The monoisotopic (exact) mass is 229 g/mol. The predicted molar refractivity (Wildman–Crippen MR) is 71.4 cm³/mol. The first-order valence-corrected chi connectivity index (χ1v) is 7.72. The molecular weight excluding hydrogens is 210 g/mol. The molecular formula is C14H19NSi. The molecule has 0 bridgehead atoms. The third-order valence-corrected chi connectivity index (χ3v) is 4.44. The van der Waals surface area contributed by atoms with E-state index >= 15 is 0 Å². The van der Waals surface area contributed by atoms with Crippen molar-refractivity contribution in [1.82, 2.24) is 4.98 Å². The molecule has 1 saturated carbocycles. The Morgan fingerprint density at radius 2 is 2.12 bits per heavy atom. The van der Waals surface area contributed by atoms with Crippen molar-refractivity contribution in [3.8, 4) is 11.5 Å². The van der Waals surface area contributed by atoms with E-state index in [2.05, 4.69) is 28.6 Å². The Labute approximate surface area is 101 Å². The number of rotatable bonds is 2. The molecule has 1 nitrogen and oxygen atoms in total. The van der Waals surface area contributed by atoms with Gasteiger partial charge in [-0.15, -0.1) is 11.5 Å². The van der Waals surface area contributed by atoms with Crippen molar-refractivity contribution in [2.45, 2.75) is 38.5 Å². The number of hydrogen-bond acceptors (Lipinski definition) is 1. The van der Waals surface area contributed by atoms with Crippen molar-refractivity contribution in [2.24, 2.45) is 5.92 Å². The average molecular weight is 229 g/mol. The lowest BCUT2D eigenvalue weighted by Gasteiger charge is -2.18. The minimum atomic E-state index is -0.430. The second-order valence-electron chi connectivity index (χ2n) is 4.56. The van der Waals surface area contributed by atoms with Gasteiger partial charge in [0, 0.05) is 17.9 Å². The zero-order chi connectivity index (χ0) is 11.1. The maximum Gasteiger partial charge on any atom is 0.161 e. The molecule has 1 fully saturated rings. The van der Waals surface area contributed by atoms with E-state index in [0.717, 1.165) is 12.3 Å². The summed E-state index contributed by atoms with van der Waals surface area (Å²) in [7, 11) is -0.430. The Bertz CT molecular complexity index is 357. The summed E-state index contributed by atoms with van der Waals surface area (Å²) < 4.78 is 0. The molecule has 0 atom stereocenters. The standard InChI is InChI=1S/C14H19NSi/c1-2-7-13(8-3-1)9-6-12-16-14-10-4-5-11-15-14/h4-5,10-11,13H,1-3,7-9,16H2. The van der Waals surface area contributed by atoms with E-state index < -0.39 is 9.52 Å². The highest BCUT2D eigenvalue weighted by Gasteiger charge is 2.11. The van der Waals surface area contributed by atoms with Crippen molar-refractivity contribution in [3.63, 3.8) is 0 Å². The Kier molecular flexibility index (Phi) is 4.63. The van der Waals surface area contributed by atoms with Crippen LogP contribution in [0.15, 0.2) is 24.4 Å². The second kappa shape index (κ2) is 6.50. The molecule has 0 saturated heterocycles. The van der Waals surface area contributed by atoms with E-state index in [4.69, 9.17) is 0 Å². The van der Waals surface area contributed by atoms with Gasteiger partial charge >= 0.3 is 0 Å². The van der Waals surface area contributed by atoms with Crippen molar-refractivity contribution in [2.75, 3.05) is 0 Å². The van der Waals surface area contributed by atoms with E-state index in [1.54, 1.807) is 0 Å². The van der Waals surface area contributed by atoms with Gasteiger partial charge in [-0.05, 0) is 30.9 Å². The second-order valence-corrected chi connectivity index (χ2v) is 5.99. The smallest absolute Gasteiger partial charge is 0.161 e. The maximum atomic E-state index is 4.32. The third-order valence-electron chi connectivity index (χ3n) is 3.24. The van der Waals surface area contributed by atoms with E-state index in [0.29, 0.717) is 0 Å². The number of hydrogen-bond donors (Lipinski definition) is 0. The lowest BCUT2D eigenvalue weighted by molar-refractivity contribution is 0.365. The molecule has 0 aliphatic heterocycles. The van der Waals surface area contributed by atoms with E-state index in [1.807, 2.05) is 12.3 Å². The molecule has 0 amide bonds. The zero-order valence-electron chi connectivity index (χ0n) is 9.78. The summed E-state index contributed by atoms with van der Waals surface area (Å²) in [6.45, 7) is 0. The number of nitrogens with zero attached hydrogens (tertiary/aromatic N) is 1. The summed E-state index contributed by atoms with van der Waals surface area (Å²) in [5.41, 5.74) is 3.38. The zero-order valence-corrected chi connectivity index (χ0v) is 11.2. The fourth-order valence-electron chi connectivity index (χ4n) is 2.26. The van der Waals surface area contributed by atoms with Crippen molar-refractivity contribution >= 4 is 14.8 Å². The first-order valence-electron chi connectivity index (χ1n) is 6.31. The molecule has 1 aromatic rings. The highest BCUT2D eigenvalue weighted by molar-refractivity contribution is 6.60. The van der Waals surface area contributed by atoms with Crippen LogP contribution in [0.3, 0.4) is 0 Å². The van der Waals surface area contributed by atoms with Gasteiger partial charge in [0.15, 0.2) is 9.52 Å². The van der Waals surface area contributed by atoms with Crippen LogP contribution in [-0.4, -0.2) is 14.5 Å². The lowest BCUT2D eigenvalue weighted by Crippen LogP contribution is -2.15. The largest absolute Gasteiger partial charge is 0.266 e. The van der Waals surface area contributed by atoms with Crippen LogP contribution in [0, 0.1) is 17.4 Å². The summed E-state index contributed by atoms with van der Waals surface area (Å²) >= 11 is 0. The van der Waals surface area contributed by atoms with Crippen LogP contribution < -0.4 is 5.32 Å². The highest BCUT2D eigenvalue weighted by atomic mass is 28.2. The van der Waals surface area contributed by atoms with Crippen LogP contribution in [0.2, 0.25) is 0 Å². The molecule has 1 aliphatic rings. The topological polar surface area (TPSA) is 12.9 Å². The molecule has 0 aromatic carbocycles. The van der Waals surface area contributed by atoms with Gasteiger partial charge in [-0.1, -0.05) is 25.3 Å². The van der Waals surface area contributed by atoms with Crippen molar-refractivity contribution < 1.29 is 0 Å². The van der Waals surface area contributed by atoms with Crippen LogP contribution in [-0.2, 0) is 0 Å². The molecule has 2 heteroatoms. The fraction of sp³-hybridized carbons (Fsp3) is 0.500. The molecule has 2 rings (SSSR count). The van der Waals surface area contributed by atoms with Gasteiger partial charge in [0.1, 0.15) is 0 Å². The minimum absolute atomic E-state index is 0.430. The highest BCUT2D eigenvalue weighted by Crippen LogP contribution is 2.25. The third kappa shape index (κ3) is 3.82. The van der Waals surface area contributed by atoms with Crippen molar-refractivity contribution in [1.29, 1.82) is 0 Å². The number of pyridine rings is 1. The Morgan fingerprint density at radius 3 is 2.88 bits per heavy atom. The molecule has 0 radical (unpaired) electrons. The Balaban J connectivity index is 1.73. The minimum Gasteiger partial charge on any atom is -0.266 e. The summed E-state index contributed by atoms with van der Waals surface area (Å²) in [5.74, 6) is 4.26. The van der Waals surface area contributed by atoms with Gasteiger partial charge in [0.05, 0.1) is 0 Å². The Hall–Kier alpha value is -1.07. The first kappa shape index (κ1) is 11.4. The molecule has 1 aliphatic carbocycles. The Morgan fingerprint density at radius 1 is 1.25 bits per heavy atom. The van der Waals surface area contributed by atoms with Gasteiger partial charge in [0.2, 0.25) is 0 Å². The van der Waals surface area contributed by atoms with Crippen LogP contribution >= 0.6 is 0 Å². The van der Waals surface area contributed by atoms with Gasteiger partial charge < -0.3 is 0 Å². The van der Waals surface area contributed by atoms with Gasteiger partial charge in [0.25, 0.3) is 0 Å². The van der Waals surface area contributed by atoms with E-state index in [1.165, 1.54) is 37.4 Å². The van der Waals surface area contributed by atoms with Gasteiger partial charge in [-0.2, -0.15) is 0 Å². The molecule has 0 unspecified atom stereocenters. The SMILES string of the molecule is C(#C[SiH2]c1ccccn1)CC1CCCCC1. The molecule has 0 spiro atoms. The summed E-state index contributed by atoms with van der Waals surface area (Å²) in [5, 5.41) is 1.22. The van der Waals surface area contributed by atoms with Crippen molar-refractivity contribution in [3.05, 3.63) is 24.4 Å². The van der Waals surface area contributed by atoms with Crippen LogP contribution in [0.1, 0.15) is 38.5 Å². The summed E-state index contributed by atoms with van der Waals surface area (Å²) in [6.07, 6.45) is 10.1. The fourth-order valence-corrected chi connectivity index (χ4v) is 3.16. The average Bonchev–Trinajstić information content (AvgIpc) is 2.37. The predicted octanol–water partition coefficient (Wildman–Crippen LogP) is 1.81. The van der Waals surface area contributed by atoms with Crippen LogP contribution in [0.5, 0.6) is 0 Å². The maximum absolute atomic E-state index is 4.32. The van der Waals surface area contributed by atoms with Crippen LogP contribution in [0.25, 0.3) is 0 Å². The molecule has 84 valence electrons. The molecule has 1 aromatic heterocycles. The first-order chi connectivity index (χ1) is 7.95. The van der Waals surface area contributed by atoms with E-state index in [9.17, 15) is 0 Å².